The minimum Gasteiger partial charge on any atom is -0.208 e. The molecule has 1 atom stereocenters. The van der Waals surface area contributed by atoms with Crippen LogP contribution < -0.4 is 4.72 Å². The molecular formula is C15H22ClNO2S. The van der Waals surface area contributed by atoms with Crippen molar-refractivity contribution < 1.29 is 8.42 Å². The quantitative estimate of drug-likeness (QED) is 0.748. The molecule has 1 saturated carbocycles. The Kier molecular flexibility index (Phi) is 5.47. The summed E-state index contributed by atoms with van der Waals surface area (Å²) in [6, 6.07) is 7.04. The average Bonchev–Trinajstić information content (AvgIpc) is 3.23. The van der Waals surface area contributed by atoms with E-state index < -0.39 is 10.0 Å². The second-order valence-corrected chi connectivity index (χ2v) is 7.58. The van der Waals surface area contributed by atoms with Crippen molar-refractivity contribution in [3.63, 3.8) is 0 Å². The summed E-state index contributed by atoms with van der Waals surface area (Å²) >= 11 is 5.68. The van der Waals surface area contributed by atoms with Gasteiger partial charge in [0.05, 0.1) is 4.90 Å². The topological polar surface area (TPSA) is 46.2 Å². The van der Waals surface area contributed by atoms with Gasteiger partial charge in [-0.1, -0.05) is 31.9 Å². The lowest BCUT2D eigenvalue weighted by atomic mass is 10.1. The lowest BCUT2D eigenvalue weighted by molar-refractivity contribution is 0.495. The van der Waals surface area contributed by atoms with Crippen LogP contribution >= 0.6 is 11.6 Å². The Morgan fingerprint density at radius 1 is 1.30 bits per heavy atom. The van der Waals surface area contributed by atoms with Crippen molar-refractivity contribution in [3.8, 4) is 0 Å². The van der Waals surface area contributed by atoms with E-state index in [4.69, 9.17) is 11.6 Å². The highest BCUT2D eigenvalue weighted by atomic mass is 35.5. The maximum Gasteiger partial charge on any atom is 0.240 e. The van der Waals surface area contributed by atoms with E-state index in [1.165, 1.54) is 12.8 Å². The van der Waals surface area contributed by atoms with Crippen LogP contribution in [0.25, 0.3) is 0 Å². The highest BCUT2D eigenvalue weighted by Crippen LogP contribution is 2.34. The standard InChI is InChI=1S/C15H22ClNO2S/c1-2-14(11-13-3-4-13)17-20(18,19)15-7-5-12(6-8-15)9-10-16/h5-8,13-14,17H,2-4,9-11H2,1H3. The van der Waals surface area contributed by atoms with Gasteiger partial charge in [0.1, 0.15) is 0 Å². The molecule has 0 amide bonds. The Morgan fingerprint density at radius 2 is 1.95 bits per heavy atom. The van der Waals surface area contributed by atoms with Crippen LogP contribution in [0.15, 0.2) is 29.2 Å². The largest absolute Gasteiger partial charge is 0.240 e. The molecular weight excluding hydrogens is 294 g/mol. The average molecular weight is 316 g/mol. The predicted octanol–water partition coefficient (Wildman–Crippen LogP) is 3.32. The van der Waals surface area contributed by atoms with E-state index in [1.807, 2.05) is 19.1 Å². The summed E-state index contributed by atoms with van der Waals surface area (Å²) in [7, 11) is -3.40. The normalized spacial score (nSPS) is 17.1. The van der Waals surface area contributed by atoms with Gasteiger partial charge in [-0.25, -0.2) is 13.1 Å². The summed E-state index contributed by atoms with van der Waals surface area (Å²) in [6.45, 7) is 2.03. The lowest BCUT2D eigenvalue weighted by Gasteiger charge is -2.17. The van der Waals surface area contributed by atoms with Gasteiger partial charge in [-0.2, -0.15) is 0 Å². The number of benzene rings is 1. The van der Waals surface area contributed by atoms with E-state index in [-0.39, 0.29) is 6.04 Å². The highest BCUT2D eigenvalue weighted by Gasteiger charge is 2.27. The van der Waals surface area contributed by atoms with E-state index in [9.17, 15) is 8.42 Å². The molecule has 0 aliphatic heterocycles. The van der Waals surface area contributed by atoms with E-state index >= 15 is 0 Å². The van der Waals surface area contributed by atoms with Gasteiger partial charge < -0.3 is 0 Å². The van der Waals surface area contributed by atoms with E-state index in [2.05, 4.69) is 4.72 Å². The van der Waals surface area contributed by atoms with Crippen LogP contribution in [0.4, 0.5) is 0 Å². The molecule has 0 heterocycles. The van der Waals surface area contributed by atoms with E-state index in [1.54, 1.807) is 12.1 Å². The first-order valence-corrected chi connectivity index (χ1v) is 9.24. The molecule has 5 heteroatoms. The minimum absolute atomic E-state index is 0.0509. The zero-order chi connectivity index (χ0) is 14.6. The van der Waals surface area contributed by atoms with E-state index in [0.29, 0.717) is 16.7 Å². The maximum absolute atomic E-state index is 12.3. The fraction of sp³-hybridized carbons (Fsp3) is 0.600. The molecule has 0 saturated heterocycles. The molecule has 20 heavy (non-hydrogen) atoms. The van der Waals surface area contributed by atoms with Crippen molar-refractivity contribution in [2.75, 3.05) is 5.88 Å². The highest BCUT2D eigenvalue weighted by molar-refractivity contribution is 7.89. The summed E-state index contributed by atoms with van der Waals surface area (Å²) < 4.78 is 27.5. The van der Waals surface area contributed by atoms with Crippen molar-refractivity contribution in [1.82, 2.24) is 4.72 Å². The van der Waals surface area contributed by atoms with Crippen LogP contribution in [0.3, 0.4) is 0 Å². The maximum atomic E-state index is 12.3. The SMILES string of the molecule is CCC(CC1CC1)NS(=O)(=O)c1ccc(CCCl)cc1. The first-order chi connectivity index (χ1) is 9.55. The smallest absolute Gasteiger partial charge is 0.208 e. The van der Waals surface area contributed by atoms with Crippen LogP contribution in [0.5, 0.6) is 0 Å². The number of nitrogens with one attached hydrogen (secondary N) is 1. The molecule has 2 rings (SSSR count). The molecule has 0 radical (unpaired) electrons. The number of halogens is 1. The number of aryl methyl sites for hydroxylation is 1. The Hall–Kier alpha value is -0.580. The zero-order valence-corrected chi connectivity index (χ0v) is 13.4. The first kappa shape index (κ1) is 15.8. The van der Waals surface area contributed by atoms with Crippen LogP contribution in [-0.2, 0) is 16.4 Å². The van der Waals surface area contributed by atoms with Gasteiger partial charge >= 0.3 is 0 Å². The number of sulfonamides is 1. The molecule has 112 valence electrons. The molecule has 1 N–H and O–H groups in total. The Labute approximate surface area is 126 Å². The number of hydrogen-bond acceptors (Lipinski definition) is 2. The van der Waals surface area contributed by atoms with Gasteiger partial charge in [0, 0.05) is 11.9 Å². The molecule has 1 fully saturated rings. The molecule has 0 bridgehead atoms. The molecule has 1 unspecified atom stereocenters. The molecule has 0 aromatic heterocycles. The van der Waals surface area contributed by atoms with Crippen LogP contribution in [0, 0.1) is 5.92 Å². The van der Waals surface area contributed by atoms with Crippen molar-refractivity contribution in [3.05, 3.63) is 29.8 Å². The fourth-order valence-corrected chi connectivity index (χ4v) is 3.84. The monoisotopic (exact) mass is 315 g/mol. The lowest BCUT2D eigenvalue weighted by Crippen LogP contribution is -2.34. The summed E-state index contributed by atoms with van der Waals surface area (Å²) in [5, 5.41) is 0. The third-order valence-electron chi connectivity index (χ3n) is 3.75. The van der Waals surface area contributed by atoms with Gasteiger partial charge in [-0.3, -0.25) is 0 Å². The Morgan fingerprint density at radius 3 is 2.45 bits per heavy atom. The van der Waals surface area contributed by atoms with Crippen LogP contribution in [0.2, 0.25) is 0 Å². The fourth-order valence-electron chi connectivity index (χ4n) is 2.29. The number of alkyl halides is 1. The molecule has 1 aliphatic rings. The predicted molar refractivity (Wildman–Crippen MR) is 82.6 cm³/mol. The molecule has 0 spiro atoms. The zero-order valence-electron chi connectivity index (χ0n) is 11.8. The van der Waals surface area contributed by atoms with Gasteiger partial charge in [0.25, 0.3) is 0 Å². The molecule has 3 nitrogen and oxygen atoms in total. The Bertz CT molecular complexity index is 523. The van der Waals surface area contributed by atoms with Crippen molar-refractivity contribution >= 4 is 21.6 Å². The second kappa shape index (κ2) is 6.92. The van der Waals surface area contributed by atoms with E-state index in [0.717, 1.165) is 24.8 Å². The van der Waals surface area contributed by atoms with Crippen molar-refractivity contribution in [2.24, 2.45) is 5.92 Å². The second-order valence-electron chi connectivity index (χ2n) is 5.49. The number of rotatable bonds is 8. The summed E-state index contributed by atoms with van der Waals surface area (Å²) in [5.74, 6) is 1.26. The van der Waals surface area contributed by atoms with Gasteiger partial charge in [-0.05, 0) is 42.9 Å². The summed E-state index contributed by atoms with van der Waals surface area (Å²) in [6.07, 6.45) is 5.03. The van der Waals surface area contributed by atoms with Crippen molar-refractivity contribution in [2.45, 2.75) is 50.0 Å². The first-order valence-electron chi connectivity index (χ1n) is 7.22. The molecule has 1 aliphatic carbocycles. The molecule has 1 aromatic carbocycles. The Balaban J connectivity index is 2.03. The van der Waals surface area contributed by atoms with Gasteiger partial charge in [0.15, 0.2) is 0 Å². The summed E-state index contributed by atoms with van der Waals surface area (Å²) in [5.41, 5.74) is 1.06. The van der Waals surface area contributed by atoms with Crippen molar-refractivity contribution in [1.29, 1.82) is 0 Å². The van der Waals surface area contributed by atoms with Crippen LogP contribution in [0.1, 0.15) is 38.2 Å². The van der Waals surface area contributed by atoms with Crippen LogP contribution in [-0.4, -0.2) is 20.3 Å². The number of hydrogen-bond donors (Lipinski definition) is 1. The summed E-state index contributed by atoms with van der Waals surface area (Å²) in [4.78, 5) is 0.338. The van der Waals surface area contributed by atoms with Gasteiger partial charge in [0.2, 0.25) is 10.0 Å². The third-order valence-corrected chi connectivity index (χ3v) is 5.47. The minimum atomic E-state index is -3.40. The molecule has 1 aromatic rings. The van der Waals surface area contributed by atoms with Gasteiger partial charge in [-0.15, -0.1) is 11.6 Å². The third kappa shape index (κ3) is 4.47.